The summed E-state index contributed by atoms with van der Waals surface area (Å²) in [5.41, 5.74) is 3.90. The van der Waals surface area contributed by atoms with Gasteiger partial charge in [-0.25, -0.2) is 4.98 Å². The van der Waals surface area contributed by atoms with Gasteiger partial charge in [0.2, 0.25) is 0 Å². The number of aryl methyl sites for hydroxylation is 2. The van der Waals surface area contributed by atoms with Gasteiger partial charge in [-0.2, -0.15) is 9.78 Å². The lowest BCUT2D eigenvalue weighted by molar-refractivity contribution is 0.844. The molecule has 0 saturated heterocycles. The van der Waals surface area contributed by atoms with Crippen LogP contribution in [0.1, 0.15) is 11.3 Å². The van der Waals surface area contributed by atoms with Crippen molar-refractivity contribution in [3.63, 3.8) is 0 Å². The lowest BCUT2D eigenvalue weighted by Crippen LogP contribution is -2.21. The Morgan fingerprint density at radius 1 is 0.926 bits per heavy atom. The van der Waals surface area contributed by atoms with Gasteiger partial charge in [-0.15, -0.1) is 0 Å². The van der Waals surface area contributed by atoms with E-state index in [0.29, 0.717) is 5.11 Å². The van der Waals surface area contributed by atoms with E-state index in [2.05, 4.69) is 28.7 Å². The highest BCUT2D eigenvalue weighted by Crippen LogP contribution is 2.22. The van der Waals surface area contributed by atoms with Gasteiger partial charge in [0.1, 0.15) is 5.82 Å². The van der Waals surface area contributed by atoms with Crippen molar-refractivity contribution in [3.05, 3.63) is 78.0 Å². The standard InChI is InChI=1S/C21H19N5S/c1-14-12-19(23-18-11-7-6-10-17(14)18)26-20(13-15(2)25-26)24-21(27)22-16-8-4-3-5-9-16/h3-13H,1-2H3,(H2,22,24,27). The summed E-state index contributed by atoms with van der Waals surface area (Å²) in [4.78, 5) is 4.77. The van der Waals surface area contributed by atoms with Crippen LogP contribution < -0.4 is 10.6 Å². The Bertz CT molecular complexity index is 1120. The number of aromatic nitrogens is 3. The van der Waals surface area contributed by atoms with E-state index in [1.807, 2.05) is 67.6 Å². The van der Waals surface area contributed by atoms with Crippen molar-refractivity contribution in [2.45, 2.75) is 13.8 Å². The molecule has 0 saturated carbocycles. The monoisotopic (exact) mass is 373 g/mol. The summed E-state index contributed by atoms with van der Waals surface area (Å²) in [7, 11) is 0. The first-order valence-electron chi connectivity index (χ1n) is 8.66. The Morgan fingerprint density at radius 3 is 2.48 bits per heavy atom. The van der Waals surface area contributed by atoms with E-state index in [1.165, 1.54) is 0 Å². The smallest absolute Gasteiger partial charge is 0.176 e. The molecule has 0 radical (unpaired) electrons. The third kappa shape index (κ3) is 3.66. The van der Waals surface area contributed by atoms with E-state index >= 15 is 0 Å². The zero-order valence-corrected chi connectivity index (χ0v) is 15.9. The Morgan fingerprint density at radius 2 is 1.67 bits per heavy atom. The third-order valence-electron chi connectivity index (χ3n) is 4.23. The van der Waals surface area contributed by atoms with Crippen LogP contribution in [-0.2, 0) is 0 Å². The van der Waals surface area contributed by atoms with Crippen molar-refractivity contribution < 1.29 is 0 Å². The van der Waals surface area contributed by atoms with Gasteiger partial charge in [-0.1, -0.05) is 36.4 Å². The summed E-state index contributed by atoms with van der Waals surface area (Å²) < 4.78 is 1.79. The van der Waals surface area contributed by atoms with Gasteiger partial charge < -0.3 is 10.6 Å². The highest BCUT2D eigenvalue weighted by atomic mass is 32.1. The number of benzene rings is 2. The van der Waals surface area contributed by atoms with Gasteiger partial charge in [-0.05, 0) is 55.9 Å². The van der Waals surface area contributed by atoms with Gasteiger partial charge in [-0.3, -0.25) is 0 Å². The molecule has 0 aliphatic carbocycles. The highest BCUT2D eigenvalue weighted by Gasteiger charge is 2.12. The minimum Gasteiger partial charge on any atom is -0.332 e. The summed E-state index contributed by atoms with van der Waals surface area (Å²) in [5, 5.41) is 12.6. The van der Waals surface area contributed by atoms with E-state index in [-0.39, 0.29) is 0 Å². The van der Waals surface area contributed by atoms with Crippen molar-refractivity contribution in [1.29, 1.82) is 0 Å². The molecule has 6 heteroatoms. The van der Waals surface area contributed by atoms with Gasteiger partial charge in [0.05, 0.1) is 11.2 Å². The highest BCUT2D eigenvalue weighted by molar-refractivity contribution is 7.80. The molecule has 134 valence electrons. The molecule has 4 rings (SSSR count). The van der Waals surface area contributed by atoms with Crippen molar-refractivity contribution in [2.75, 3.05) is 10.6 Å². The van der Waals surface area contributed by atoms with Crippen LogP contribution >= 0.6 is 12.2 Å². The summed E-state index contributed by atoms with van der Waals surface area (Å²) in [6.45, 7) is 4.03. The molecule has 2 aromatic carbocycles. The van der Waals surface area contributed by atoms with Crippen LogP contribution in [0.4, 0.5) is 11.5 Å². The van der Waals surface area contributed by atoms with E-state index in [4.69, 9.17) is 17.2 Å². The number of hydrogen-bond acceptors (Lipinski definition) is 3. The molecule has 5 nitrogen and oxygen atoms in total. The zero-order valence-electron chi connectivity index (χ0n) is 15.1. The van der Waals surface area contributed by atoms with Crippen LogP contribution in [0.25, 0.3) is 16.7 Å². The van der Waals surface area contributed by atoms with Crippen LogP contribution in [-0.4, -0.2) is 19.9 Å². The maximum Gasteiger partial charge on any atom is 0.176 e. The molecule has 2 aromatic heterocycles. The van der Waals surface area contributed by atoms with Crippen molar-refractivity contribution in [2.24, 2.45) is 0 Å². The van der Waals surface area contributed by atoms with Crippen LogP contribution in [0.3, 0.4) is 0 Å². The summed E-state index contributed by atoms with van der Waals surface area (Å²) in [5.74, 6) is 1.52. The maximum atomic E-state index is 5.46. The number of anilines is 2. The minimum atomic E-state index is 0.500. The van der Waals surface area contributed by atoms with Crippen molar-refractivity contribution in [1.82, 2.24) is 14.8 Å². The molecule has 2 N–H and O–H groups in total. The molecule has 0 atom stereocenters. The van der Waals surface area contributed by atoms with E-state index in [1.54, 1.807) is 4.68 Å². The first-order chi connectivity index (χ1) is 13.1. The number of hydrogen-bond donors (Lipinski definition) is 2. The number of fused-ring (bicyclic) bond motifs is 1. The summed E-state index contributed by atoms with van der Waals surface area (Å²) >= 11 is 5.46. The summed E-state index contributed by atoms with van der Waals surface area (Å²) in [6, 6.07) is 21.9. The second kappa shape index (κ2) is 7.17. The Balaban J connectivity index is 1.66. The molecule has 27 heavy (non-hydrogen) atoms. The quantitative estimate of drug-likeness (QED) is 0.503. The minimum absolute atomic E-state index is 0.500. The Kier molecular flexibility index (Phi) is 4.56. The van der Waals surface area contributed by atoms with E-state index < -0.39 is 0 Å². The molecule has 0 bridgehead atoms. The zero-order chi connectivity index (χ0) is 18.8. The molecule has 0 fully saturated rings. The summed E-state index contributed by atoms with van der Waals surface area (Å²) in [6.07, 6.45) is 0. The molecule has 0 unspecified atom stereocenters. The average molecular weight is 373 g/mol. The van der Waals surface area contributed by atoms with E-state index in [0.717, 1.165) is 39.5 Å². The van der Waals surface area contributed by atoms with Gasteiger partial charge in [0.15, 0.2) is 10.9 Å². The van der Waals surface area contributed by atoms with Crippen LogP contribution in [0.2, 0.25) is 0 Å². The molecule has 4 aromatic rings. The van der Waals surface area contributed by atoms with Crippen LogP contribution in [0.15, 0.2) is 66.7 Å². The molecule has 0 amide bonds. The number of para-hydroxylation sites is 2. The molecule has 0 spiro atoms. The van der Waals surface area contributed by atoms with Crippen molar-refractivity contribution >= 4 is 39.7 Å². The lowest BCUT2D eigenvalue weighted by atomic mass is 10.1. The SMILES string of the molecule is Cc1cc(NC(=S)Nc2ccccc2)n(-c2cc(C)c3ccccc3n2)n1. The van der Waals surface area contributed by atoms with Crippen LogP contribution in [0, 0.1) is 13.8 Å². The fraction of sp³-hybridized carbons (Fsp3) is 0.0952. The number of rotatable bonds is 3. The molecule has 2 heterocycles. The Hall–Kier alpha value is -3.25. The second-order valence-corrected chi connectivity index (χ2v) is 6.75. The van der Waals surface area contributed by atoms with E-state index in [9.17, 15) is 0 Å². The second-order valence-electron chi connectivity index (χ2n) is 6.34. The lowest BCUT2D eigenvalue weighted by Gasteiger charge is -2.13. The topological polar surface area (TPSA) is 54.8 Å². The molecule has 0 aliphatic rings. The largest absolute Gasteiger partial charge is 0.332 e. The van der Waals surface area contributed by atoms with Crippen molar-refractivity contribution in [3.8, 4) is 5.82 Å². The van der Waals surface area contributed by atoms with Gasteiger partial charge in [0, 0.05) is 17.1 Å². The van der Waals surface area contributed by atoms with Gasteiger partial charge >= 0.3 is 0 Å². The molecular weight excluding hydrogens is 354 g/mol. The number of nitrogens with zero attached hydrogens (tertiary/aromatic N) is 3. The average Bonchev–Trinajstić information content (AvgIpc) is 3.02. The first kappa shape index (κ1) is 17.2. The Labute approximate surface area is 163 Å². The number of pyridine rings is 1. The normalized spacial score (nSPS) is 10.7. The van der Waals surface area contributed by atoms with Crippen LogP contribution in [0.5, 0.6) is 0 Å². The van der Waals surface area contributed by atoms with Gasteiger partial charge in [0.25, 0.3) is 0 Å². The predicted octanol–water partition coefficient (Wildman–Crippen LogP) is 4.85. The number of nitrogens with one attached hydrogen (secondary N) is 2. The fourth-order valence-electron chi connectivity index (χ4n) is 3.00. The predicted molar refractivity (Wildman–Crippen MR) is 115 cm³/mol. The molecular formula is C21H19N5S. The molecule has 0 aliphatic heterocycles. The fourth-order valence-corrected chi connectivity index (χ4v) is 3.23. The third-order valence-corrected chi connectivity index (χ3v) is 4.44. The first-order valence-corrected chi connectivity index (χ1v) is 9.07. The maximum absolute atomic E-state index is 5.46. The number of thiocarbonyl (C=S) groups is 1.